The maximum atomic E-state index is 11.4. The normalized spacial score (nSPS) is 23.4. The lowest BCUT2D eigenvalue weighted by Gasteiger charge is -2.14. The van der Waals surface area contributed by atoms with Crippen LogP contribution in [0.15, 0.2) is 30.3 Å². The summed E-state index contributed by atoms with van der Waals surface area (Å²) in [6.45, 7) is 0. The smallest absolute Gasteiger partial charge is 0.408 e. The van der Waals surface area contributed by atoms with E-state index in [1.807, 2.05) is 18.2 Å². The van der Waals surface area contributed by atoms with E-state index in [1.165, 1.54) is 7.11 Å². The molecule has 0 radical (unpaired) electrons. The van der Waals surface area contributed by atoms with Crippen molar-refractivity contribution >= 4 is 12.1 Å². The molecule has 1 amide bonds. The topological polar surface area (TPSA) is 64.6 Å². The summed E-state index contributed by atoms with van der Waals surface area (Å²) in [4.78, 5) is 22.5. The fraction of sp³-hybridized carbons (Fsp3) is 0.273. The van der Waals surface area contributed by atoms with Crippen LogP contribution in [0.5, 0.6) is 0 Å². The Morgan fingerprint density at radius 3 is 2.69 bits per heavy atom. The molecule has 5 nitrogen and oxygen atoms in total. The molecule has 0 bridgehead atoms. The number of hydrogen-bond donors (Lipinski definition) is 1. The van der Waals surface area contributed by atoms with Gasteiger partial charge in [-0.05, 0) is 5.56 Å². The van der Waals surface area contributed by atoms with Crippen LogP contribution in [0, 0.1) is 0 Å². The maximum Gasteiger partial charge on any atom is 0.408 e. The Hall–Kier alpha value is -2.04. The molecule has 0 unspecified atom stereocenters. The van der Waals surface area contributed by atoms with Crippen LogP contribution < -0.4 is 5.32 Å². The Balaban J connectivity index is 2.26. The number of cyclic esters (lactones) is 1. The Labute approximate surface area is 92.4 Å². The standard InChI is InChI=1S/C11H11NO4/c1-15-10(13)8-9(16-11(14)12-8)7-5-3-2-4-6-7/h2-6,8-9H,1H3,(H,12,14)/t8-,9-/m1/s1. The highest BCUT2D eigenvalue weighted by molar-refractivity contribution is 5.85. The van der Waals surface area contributed by atoms with E-state index in [0.29, 0.717) is 0 Å². The van der Waals surface area contributed by atoms with E-state index in [-0.39, 0.29) is 0 Å². The number of carbonyl (C=O) groups excluding carboxylic acids is 2. The van der Waals surface area contributed by atoms with Crippen LogP contribution in [-0.4, -0.2) is 25.2 Å². The van der Waals surface area contributed by atoms with Gasteiger partial charge in [0.25, 0.3) is 0 Å². The van der Waals surface area contributed by atoms with Gasteiger partial charge in [-0.3, -0.25) is 0 Å². The van der Waals surface area contributed by atoms with Gasteiger partial charge in [0.1, 0.15) is 0 Å². The Bertz CT molecular complexity index is 404. The summed E-state index contributed by atoms with van der Waals surface area (Å²) in [5.41, 5.74) is 0.760. The third kappa shape index (κ3) is 1.84. The zero-order valence-electron chi connectivity index (χ0n) is 8.67. The molecule has 1 aliphatic rings. The van der Waals surface area contributed by atoms with Crippen molar-refractivity contribution in [2.45, 2.75) is 12.1 Å². The minimum absolute atomic E-state index is 0.514. The van der Waals surface area contributed by atoms with Gasteiger partial charge >= 0.3 is 12.1 Å². The Kier molecular flexibility index (Phi) is 2.76. The molecule has 1 aromatic rings. The second-order valence-corrected chi connectivity index (χ2v) is 3.38. The molecule has 1 aromatic carbocycles. The third-order valence-electron chi connectivity index (χ3n) is 2.39. The van der Waals surface area contributed by atoms with Crippen molar-refractivity contribution in [3.8, 4) is 0 Å². The predicted octanol–water partition coefficient (Wildman–Crippen LogP) is 1.01. The van der Waals surface area contributed by atoms with E-state index in [0.717, 1.165) is 5.56 Å². The van der Waals surface area contributed by atoms with Crippen LogP contribution in [0.3, 0.4) is 0 Å². The van der Waals surface area contributed by atoms with Crippen molar-refractivity contribution < 1.29 is 19.1 Å². The molecule has 1 aliphatic heterocycles. The van der Waals surface area contributed by atoms with Gasteiger partial charge in [-0.25, -0.2) is 9.59 Å². The summed E-state index contributed by atoms with van der Waals surface area (Å²) in [7, 11) is 1.27. The van der Waals surface area contributed by atoms with Gasteiger partial charge in [0.05, 0.1) is 7.11 Å². The zero-order chi connectivity index (χ0) is 11.5. The first-order chi connectivity index (χ1) is 7.72. The SMILES string of the molecule is COC(=O)[C@@H]1NC(=O)O[C@@H]1c1ccccc1. The van der Waals surface area contributed by atoms with Crippen molar-refractivity contribution in [2.24, 2.45) is 0 Å². The van der Waals surface area contributed by atoms with Crippen LogP contribution in [0.1, 0.15) is 11.7 Å². The monoisotopic (exact) mass is 221 g/mol. The molecule has 0 saturated carbocycles. The molecule has 84 valence electrons. The Morgan fingerprint density at radius 2 is 2.06 bits per heavy atom. The average molecular weight is 221 g/mol. The van der Waals surface area contributed by atoms with Crippen molar-refractivity contribution in [2.75, 3.05) is 7.11 Å². The highest BCUT2D eigenvalue weighted by Crippen LogP contribution is 2.26. The molecule has 16 heavy (non-hydrogen) atoms. The van der Waals surface area contributed by atoms with Gasteiger partial charge in [-0.1, -0.05) is 30.3 Å². The number of esters is 1. The number of amides is 1. The number of rotatable bonds is 2. The summed E-state index contributed by atoms with van der Waals surface area (Å²) in [6.07, 6.45) is -1.23. The molecule has 0 aromatic heterocycles. The summed E-state index contributed by atoms with van der Waals surface area (Å²) in [5, 5.41) is 2.42. The molecular formula is C11H11NO4. The van der Waals surface area contributed by atoms with Gasteiger partial charge in [0.2, 0.25) is 0 Å². The van der Waals surface area contributed by atoms with E-state index < -0.39 is 24.2 Å². The van der Waals surface area contributed by atoms with Crippen molar-refractivity contribution in [1.82, 2.24) is 5.32 Å². The van der Waals surface area contributed by atoms with Crippen LogP contribution in [-0.2, 0) is 14.3 Å². The number of carbonyl (C=O) groups is 2. The minimum atomic E-state index is -0.778. The first kappa shape index (κ1) is 10.5. The quantitative estimate of drug-likeness (QED) is 0.757. The first-order valence-electron chi connectivity index (χ1n) is 4.82. The molecular weight excluding hydrogens is 210 g/mol. The van der Waals surface area contributed by atoms with E-state index >= 15 is 0 Å². The molecule has 2 atom stereocenters. The third-order valence-corrected chi connectivity index (χ3v) is 2.39. The molecule has 0 aliphatic carbocycles. The van der Waals surface area contributed by atoms with Gasteiger partial charge in [0, 0.05) is 0 Å². The molecule has 1 saturated heterocycles. The first-order valence-corrected chi connectivity index (χ1v) is 4.82. The lowest BCUT2D eigenvalue weighted by atomic mass is 10.0. The summed E-state index contributed by atoms with van der Waals surface area (Å²) in [5.74, 6) is -0.514. The van der Waals surface area contributed by atoms with Gasteiger partial charge in [-0.2, -0.15) is 0 Å². The highest BCUT2D eigenvalue weighted by Gasteiger charge is 2.40. The molecule has 0 spiro atoms. The van der Waals surface area contributed by atoms with Crippen molar-refractivity contribution in [3.05, 3.63) is 35.9 Å². The number of methoxy groups -OCH3 is 1. The molecule has 5 heteroatoms. The van der Waals surface area contributed by atoms with Crippen LogP contribution >= 0.6 is 0 Å². The fourth-order valence-electron chi connectivity index (χ4n) is 1.63. The van der Waals surface area contributed by atoms with Gasteiger partial charge in [-0.15, -0.1) is 0 Å². The number of nitrogens with one attached hydrogen (secondary N) is 1. The summed E-state index contributed by atoms with van der Waals surface area (Å²) >= 11 is 0. The van der Waals surface area contributed by atoms with Crippen LogP contribution in [0.2, 0.25) is 0 Å². The molecule has 1 N–H and O–H groups in total. The number of benzene rings is 1. The molecule has 1 heterocycles. The number of alkyl carbamates (subject to hydrolysis) is 1. The zero-order valence-corrected chi connectivity index (χ0v) is 8.67. The number of hydrogen-bond acceptors (Lipinski definition) is 4. The fourth-order valence-corrected chi connectivity index (χ4v) is 1.63. The van der Waals surface area contributed by atoms with Gasteiger partial charge < -0.3 is 14.8 Å². The second-order valence-electron chi connectivity index (χ2n) is 3.38. The molecule has 1 fully saturated rings. The minimum Gasteiger partial charge on any atom is -0.467 e. The summed E-state index contributed by atoms with van der Waals surface area (Å²) in [6, 6.07) is 8.29. The molecule has 2 rings (SSSR count). The second kappa shape index (κ2) is 4.22. The lowest BCUT2D eigenvalue weighted by Crippen LogP contribution is -2.36. The van der Waals surface area contributed by atoms with Crippen molar-refractivity contribution in [1.29, 1.82) is 0 Å². The van der Waals surface area contributed by atoms with E-state index in [9.17, 15) is 9.59 Å². The largest absolute Gasteiger partial charge is 0.467 e. The predicted molar refractivity (Wildman–Crippen MR) is 54.6 cm³/mol. The van der Waals surface area contributed by atoms with E-state index in [4.69, 9.17) is 4.74 Å². The maximum absolute atomic E-state index is 11.4. The highest BCUT2D eigenvalue weighted by atomic mass is 16.6. The van der Waals surface area contributed by atoms with E-state index in [2.05, 4.69) is 10.1 Å². The van der Waals surface area contributed by atoms with Crippen LogP contribution in [0.4, 0.5) is 4.79 Å². The van der Waals surface area contributed by atoms with Crippen molar-refractivity contribution in [3.63, 3.8) is 0 Å². The van der Waals surface area contributed by atoms with Gasteiger partial charge in [0.15, 0.2) is 12.1 Å². The summed E-state index contributed by atoms with van der Waals surface area (Å²) < 4.78 is 9.63. The average Bonchev–Trinajstić information content (AvgIpc) is 2.71. The number of ether oxygens (including phenoxy) is 2. The van der Waals surface area contributed by atoms with E-state index in [1.54, 1.807) is 12.1 Å². The van der Waals surface area contributed by atoms with Crippen LogP contribution in [0.25, 0.3) is 0 Å². The lowest BCUT2D eigenvalue weighted by molar-refractivity contribution is -0.144. The Morgan fingerprint density at radius 1 is 1.38 bits per heavy atom.